The Kier molecular flexibility index (Phi) is 8.60. The molecule has 0 radical (unpaired) electrons. The summed E-state index contributed by atoms with van der Waals surface area (Å²) in [5, 5.41) is 0. The van der Waals surface area contributed by atoms with Crippen LogP contribution in [0.15, 0.2) is 53.4 Å². The third kappa shape index (κ3) is 6.22. The number of aryl methyl sites for hydroxylation is 2. The Hall–Kier alpha value is -3.42. The maximum Gasteiger partial charge on any atom is 0.394 e. The van der Waals surface area contributed by atoms with Gasteiger partial charge in [0, 0.05) is 36.8 Å². The lowest BCUT2D eigenvalue weighted by Gasteiger charge is -2.41. The van der Waals surface area contributed by atoms with Crippen LogP contribution in [0.1, 0.15) is 40.7 Å². The van der Waals surface area contributed by atoms with Crippen molar-refractivity contribution in [2.75, 3.05) is 37.5 Å². The minimum atomic E-state index is -4.23. The molecule has 0 spiro atoms. The maximum atomic E-state index is 13.7. The fourth-order valence-electron chi connectivity index (χ4n) is 5.94. The molecule has 1 N–H and O–H groups in total. The van der Waals surface area contributed by atoms with E-state index >= 15 is 0 Å². The number of nitrogens with zero attached hydrogens (tertiary/aromatic N) is 4. The Morgan fingerprint density at radius 1 is 1.05 bits per heavy atom. The van der Waals surface area contributed by atoms with E-state index in [4.69, 9.17) is 4.74 Å². The van der Waals surface area contributed by atoms with Crippen LogP contribution < -0.4 is 9.46 Å². The van der Waals surface area contributed by atoms with Gasteiger partial charge < -0.3 is 9.64 Å². The molecule has 1 aromatic heterocycles. The molecule has 1 amide bonds. The number of ether oxygens (including phenoxy) is 1. The fraction of sp³-hybridized carbons (Fsp3) is 0.433. The van der Waals surface area contributed by atoms with E-state index < -0.39 is 27.7 Å². The molecule has 1 saturated carbocycles. The number of rotatable bonds is 4. The van der Waals surface area contributed by atoms with Crippen LogP contribution in [0.3, 0.4) is 0 Å². The highest BCUT2D eigenvalue weighted by atomic mass is 35.5. The van der Waals surface area contributed by atoms with Crippen molar-refractivity contribution in [2.24, 2.45) is 5.41 Å². The van der Waals surface area contributed by atoms with E-state index in [1.54, 1.807) is 17.0 Å². The van der Waals surface area contributed by atoms with Crippen molar-refractivity contribution in [2.45, 2.75) is 50.2 Å². The number of carbonyl (C=O) groups is 1. The molecule has 44 heavy (non-hydrogen) atoms. The molecule has 4 bridgehead atoms. The van der Waals surface area contributed by atoms with Gasteiger partial charge in [-0.15, -0.1) is 12.4 Å². The number of hydrogen-bond acceptors (Lipinski definition) is 7. The molecule has 9 nitrogen and oxygen atoms in total. The third-order valence-electron chi connectivity index (χ3n) is 8.67. The second-order valence-electron chi connectivity index (χ2n) is 11.6. The highest BCUT2D eigenvalue weighted by Crippen LogP contribution is 2.60. The van der Waals surface area contributed by atoms with Gasteiger partial charge in [-0.25, -0.2) is 18.1 Å². The van der Waals surface area contributed by atoms with Crippen LogP contribution in [0, 0.1) is 19.3 Å². The van der Waals surface area contributed by atoms with E-state index in [0.717, 1.165) is 16.7 Å². The molecule has 2 aliphatic heterocycles. The van der Waals surface area contributed by atoms with Crippen molar-refractivity contribution in [1.29, 1.82) is 0 Å². The number of sulfonamides is 1. The first kappa shape index (κ1) is 32.0. The van der Waals surface area contributed by atoms with E-state index in [1.807, 2.05) is 36.9 Å². The Labute approximate surface area is 260 Å². The molecule has 1 atom stereocenters. The van der Waals surface area contributed by atoms with Crippen molar-refractivity contribution in [1.82, 2.24) is 19.8 Å². The number of aromatic nitrogens is 2. The average molecular weight is 652 g/mol. The second kappa shape index (κ2) is 11.8. The van der Waals surface area contributed by atoms with E-state index in [9.17, 15) is 26.4 Å². The summed E-state index contributed by atoms with van der Waals surface area (Å²) in [7, 11) is -4.17. The van der Waals surface area contributed by atoms with Crippen molar-refractivity contribution in [3.05, 3.63) is 65.2 Å². The summed E-state index contributed by atoms with van der Waals surface area (Å²) >= 11 is 0. The predicted octanol–water partition coefficient (Wildman–Crippen LogP) is 5.23. The molecule has 2 fully saturated rings. The van der Waals surface area contributed by atoms with E-state index in [-0.39, 0.29) is 79.6 Å². The van der Waals surface area contributed by atoms with Gasteiger partial charge in [0.15, 0.2) is 0 Å². The monoisotopic (exact) mass is 651 g/mol. The van der Waals surface area contributed by atoms with Gasteiger partial charge in [0.25, 0.3) is 15.9 Å². The first-order valence-electron chi connectivity index (χ1n) is 14.2. The number of carbonyl (C=O) groups excluding carboxylic acids is 1. The van der Waals surface area contributed by atoms with Crippen molar-refractivity contribution in [3.63, 3.8) is 0 Å². The van der Waals surface area contributed by atoms with Gasteiger partial charge in [-0.2, -0.15) is 18.2 Å². The Bertz CT molecular complexity index is 1660. The van der Waals surface area contributed by atoms with Crippen LogP contribution in [-0.4, -0.2) is 79.1 Å². The van der Waals surface area contributed by atoms with Crippen molar-refractivity contribution >= 4 is 34.3 Å². The van der Waals surface area contributed by atoms with E-state index in [2.05, 4.69) is 14.7 Å². The zero-order valence-electron chi connectivity index (χ0n) is 24.2. The molecular weight excluding hydrogens is 619 g/mol. The number of piperazine rings is 1. The summed E-state index contributed by atoms with van der Waals surface area (Å²) < 4.78 is 76.0. The third-order valence-corrected chi connectivity index (χ3v) is 10.00. The number of benzene rings is 2. The molecule has 3 heterocycles. The van der Waals surface area contributed by atoms with Crippen molar-refractivity contribution < 1.29 is 31.1 Å². The normalized spacial score (nSPS) is 20.9. The van der Waals surface area contributed by atoms with Gasteiger partial charge in [-0.05, 0) is 69.0 Å². The summed E-state index contributed by atoms with van der Waals surface area (Å²) in [6.45, 7) is 5.05. The first-order chi connectivity index (χ1) is 20.3. The van der Waals surface area contributed by atoms with E-state index in [0.29, 0.717) is 18.8 Å². The number of nitrogens with one attached hydrogen (secondary N) is 1. The quantitative estimate of drug-likeness (QED) is 0.412. The molecule has 1 aliphatic carbocycles. The van der Waals surface area contributed by atoms with Gasteiger partial charge in [0.05, 0.1) is 22.0 Å². The molecule has 1 unspecified atom stereocenters. The molecule has 3 aromatic rings. The van der Waals surface area contributed by atoms with Crippen LogP contribution >= 0.6 is 12.4 Å². The number of fused-ring (bicyclic) bond motifs is 5. The average Bonchev–Trinajstić information content (AvgIpc) is 3.76. The number of halogens is 4. The zero-order valence-corrected chi connectivity index (χ0v) is 25.9. The standard InChI is InChI=1S/C30H32F3N5O4S.ClH/c1-19-5-3-6-20(2)26(19)24-16-25-35-28(34-24)36-43(40,41)23-8-4-7-21(15-23)27(39)38-14-13-37(17-22(38)18-42-25)12-11-29(9-10-29)30(31,32)33;/h3-8,15-16,22H,9-14,17-18H2,1-2H3,(H,34,35,36);1H. The Balaban J connectivity index is 0.00000384. The molecule has 6 rings (SSSR count). The van der Waals surface area contributed by atoms with Crippen molar-refractivity contribution in [3.8, 4) is 17.1 Å². The summed E-state index contributed by atoms with van der Waals surface area (Å²) in [6, 6.07) is 12.6. The highest BCUT2D eigenvalue weighted by molar-refractivity contribution is 7.92. The Morgan fingerprint density at radius 3 is 2.43 bits per heavy atom. The minimum absolute atomic E-state index is 0. The van der Waals surface area contributed by atoms with Gasteiger partial charge >= 0.3 is 6.18 Å². The number of anilines is 1. The lowest BCUT2D eigenvalue weighted by atomic mass is 10.00. The molecule has 14 heteroatoms. The van der Waals surface area contributed by atoms with E-state index in [1.165, 1.54) is 18.2 Å². The maximum absolute atomic E-state index is 13.7. The van der Waals surface area contributed by atoms with Crippen LogP contribution in [-0.2, 0) is 10.0 Å². The SMILES string of the molecule is Cc1cccc(C)c1-c1cc2nc(n1)NS(=O)(=O)c1cccc(c1)C(=O)N1CCN(CCC3(C(F)(F)F)CC3)CC1CO2.Cl. The largest absolute Gasteiger partial charge is 0.475 e. The molecular formula is C30H33ClF3N5O4S. The fourth-order valence-corrected chi connectivity index (χ4v) is 6.93. The molecule has 3 aliphatic rings. The number of alkyl halides is 3. The first-order valence-corrected chi connectivity index (χ1v) is 15.6. The predicted molar refractivity (Wildman–Crippen MR) is 161 cm³/mol. The summed E-state index contributed by atoms with van der Waals surface area (Å²) in [5.74, 6) is -0.461. The minimum Gasteiger partial charge on any atom is -0.475 e. The zero-order chi connectivity index (χ0) is 30.6. The summed E-state index contributed by atoms with van der Waals surface area (Å²) in [6.07, 6.45) is -3.92. The van der Waals surface area contributed by atoms with Crippen LogP contribution in [0.25, 0.3) is 11.3 Å². The lowest BCUT2D eigenvalue weighted by molar-refractivity contribution is -0.190. The van der Waals surface area contributed by atoms with Crippen LogP contribution in [0.4, 0.5) is 19.1 Å². The topological polar surface area (TPSA) is 105 Å². The molecule has 236 valence electrons. The molecule has 1 saturated heterocycles. The van der Waals surface area contributed by atoms with Crippen LogP contribution in [0.2, 0.25) is 0 Å². The molecule has 2 aromatic carbocycles. The Morgan fingerprint density at radius 2 is 1.75 bits per heavy atom. The number of hydrogen-bond donors (Lipinski definition) is 1. The highest BCUT2D eigenvalue weighted by Gasteiger charge is 2.62. The number of amides is 1. The van der Waals surface area contributed by atoms with Gasteiger partial charge in [0.1, 0.15) is 6.61 Å². The van der Waals surface area contributed by atoms with Gasteiger partial charge in [-0.3, -0.25) is 9.69 Å². The van der Waals surface area contributed by atoms with Gasteiger partial charge in [0.2, 0.25) is 11.8 Å². The van der Waals surface area contributed by atoms with Gasteiger partial charge in [-0.1, -0.05) is 24.3 Å². The summed E-state index contributed by atoms with van der Waals surface area (Å²) in [4.78, 5) is 25.9. The second-order valence-corrected chi connectivity index (χ2v) is 13.3. The van der Waals surface area contributed by atoms with Crippen LogP contribution in [0.5, 0.6) is 5.88 Å². The lowest BCUT2D eigenvalue weighted by Crippen LogP contribution is -2.57. The summed E-state index contributed by atoms with van der Waals surface area (Å²) in [5.41, 5.74) is 1.69. The smallest absolute Gasteiger partial charge is 0.394 e.